The van der Waals surface area contributed by atoms with Gasteiger partial charge in [-0.2, -0.15) is 17.6 Å². The van der Waals surface area contributed by atoms with Gasteiger partial charge in [0.15, 0.2) is 13.2 Å². The number of hydrogen-bond donors (Lipinski definition) is 0. The average Bonchev–Trinajstić information content (AvgIpc) is 2.57. The number of halogens is 16. The molecule has 0 spiro atoms. The SMILES string of the molecule is FC(F)(CO/[P+]1=N/P(F)(F)=NP(F)(F)=NP(F)(F)=N1)C(F)(F)CO/[P+]1=N/P(F)(F)=NP(F)(F)=NP(F)(F)=N1. The van der Waals surface area contributed by atoms with E-state index in [2.05, 4.69) is 9.05 Å². The fourth-order valence-corrected chi connectivity index (χ4v) is 13.8. The Bertz CT molecular complexity index is 1260. The van der Waals surface area contributed by atoms with Crippen LogP contribution in [0.5, 0.6) is 0 Å². The summed E-state index contributed by atoms with van der Waals surface area (Å²) in [6.45, 7) is -5.62. The highest BCUT2D eigenvalue weighted by molar-refractivity contribution is 7.76. The molecule has 10 nitrogen and oxygen atoms in total. The van der Waals surface area contributed by atoms with E-state index >= 15 is 0 Å². The summed E-state index contributed by atoms with van der Waals surface area (Å²) in [5.74, 6) is -11.3. The van der Waals surface area contributed by atoms with Crippen LogP contribution in [0, 0.1) is 0 Å². The summed E-state index contributed by atoms with van der Waals surface area (Å²) in [4.78, 5) is 0. The molecule has 2 aliphatic heterocycles. The zero-order valence-electron chi connectivity index (χ0n) is 16.4. The molecule has 0 amide bonds. The van der Waals surface area contributed by atoms with Gasteiger partial charge >= 0.3 is 75.0 Å². The van der Waals surface area contributed by atoms with Crippen molar-refractivity contribution >= 4 is 63.1 Å². The Morgan fingerprint density at radius 3 is 1.00 bits per heavy atom. The summed E-state index contributed by atoms with van der Waals surface area (Å²) in [6.07, 6.45) is 0. The summed E-state index contributed by atoms with van der Waals surface area (Å²) < 4.78 is 236. The van der Waals surface area contributed by atoms with Gasteiger partial charge in [-0.1, -0.05) is 0 Å². The molecule has 0 aliphatic carbocycles. The van der Waals surface area contributed by atoms with Gasteiger partial charge in [0, 0.05) is 0 Å². The minimum Gasteiger partial charge on any atom is -0.197 e. The first-order valence-electron chi connectivity index (χ1n) is 7.88. The van der Waals surface area contributed by atoms with Crippen LogP contribution >= 0.6 is 63.1 Å². The fourth-order valence-electron chi connectivity index (χ4n) is 1.62. The molecule has 38 heavy (non-hydrogen) atoms. The Balaban J connectivity index is 2.29. The van der Waals surface area contributed by atoms with E-state index in [0.717, 1.165) is 0 Å². The maximum absolute atomic E-state index is 13.9. The van der Waals surface area contributed by atoms with Gasteiger partial charge in [-0.15, -0.1) is 77.5 Å². The van der Waals surface area contributed by atoms with E-state index in [0.29, 0.717) is 0 Å². The Hall–Kier alpha value is 0.380. The molecule has 0 saturated heterocycles. The molecule has 2 rings (SSSR count). The minimum absolute atomic E-state index is 1.46. The van der Waals surface area contributed by atoms with Crippen molar-refractivity contribution in [1.29, 1.82) is 0 Å². The molecule has 222 valence electrons. The molecule has 0 aromatic heterocycles. The molecule has 2 aliphatic rings. The number of alkyl halides is 4. The van der Waals surface area contributed by atoms with Crippen molar-refractivity contribution in [2.24, 2.45) is 36.1 Å². The smallest absolute Gasteiger partial charge is 0.197 e. The van der Waals surface area contributed by atoms with Crippen LogP contribution in [0.3, 0.4) is 0 Å². The summed E-state index contributed by atoms with van der Waals surface area (Å²) >= 11 is 0. The second kappa shape index (κ2) is 11.2. The van der Waals surface area contributed by atoms with Gasteiger partial charge in [0.05, 0.1) is 18.1 Å². The van der Waals surface area contributed by atoms with Crippen LogP contribution in [-0.2, 0) is 9.05 Å². The standard InChI is InChI=1S/C4H4F16N8O2P8/c5-3(6,1-29-31-21-33(9,10)25-37(17,18)26-34(11,12)22-31)4(7,8)2-30-32-23-35(13,14)27-38(19,20)28-36(15,16)24-32/h1-2H2/q+2. The topological polar surface area (TPSA) is 117 Å². The van der Waals surface area contributed by atoms with E-state index in [1.807, 2.05) is 18.1 Å². The lowest BCUT2D eigenvalue weighted by Gasteiger charge is -2.22. The monoisotopic (exact) mass is 748 g/mol. The summed E-state index contributed by atoms with van der Waals surface area (Å²) in [7, 11) is -48.0. The average molecular weight is 748 g/mol. The maximum atomic E-state index is 13.9. The van der Waals surface area contributed by atoms with Gasteiger partial charge < -0.3 is 0 Å². The first kappa shape index (κ1) is 34.6. The van der Waals surface area contributed by atoms with Crippen molar-refractivity contribution in [2.45, 2.75) is 11.8 Å². The maximum Gasteiger partial charge on any atom is 0.548 e. The van der Waals surface area contributed by atoms with Crippen LogP contribution in [0.15, 0.2) is 36.1 Å². The van der Waals surface area contributed by atoms with Crippen LogP contribution in [0.1, 0.15) is 0 Å². The van der Waals surface area contributed by atoms with Crippen LogP contribution in [0.25, 0.3) is 0 Å². The molecule has 2 heterocycles. The molecule has 0 saturated carbocycles. The molecule has 2 atom stereocenters. The third-order valence-corrected chi connectivity index (χ3v) is 16.4. The van der Waals surface area contributed by atoms with Crippen LogP contribution in [0.2, 0.25) is 0 Å². The third kappa shape index (κ3) is 10.7. The van der Waals surface area contributed by atoms with E-state index in [9.17, 15) is 67.9 Å². The Labute approximate surface area is 202 Å². The fraction of sp³-hybridized carbons (Fsp3) is 1.00. The molecule has 0 N–H and O–H groups in total. The Kier molecular flexibility index (Phi) is 10.2. The van der Waals surface area contributed by atoms with Gasteiger partial charge in [-0.25, -0.2) is 0 Å². The number of hydrogen-bond acceptors (Lipinski definition) is 10. The molecule has 0 fully saturated rings. The number of rotatable bonds is 7. The highest BCUT2D eigenvalue weighted by Gasteiger charge is 2.60. The third-order valence-electron chi connectivity index (χ3n) is 2.86. The largest absolute Gasteiger partial charge is 0.548 e. The van der Waals surface area contributed by atoms with Gasteiger partial charge in [-0.3, -0.25) is 0 Å². The lowest BCUT2D eigenvalue weighted by molar-refractivity contribution is -0.231. The van der Waals surface area contributed by atoms with Crippen molar-refractivity contribution in [1.82, 2.24) is 0 Å². The molecular weight excluding hydrogens is 744 g/mol. The predicted octanol–water partition coefficient (Wildman–Crippen LogP) is 14.6. The van der Waals surface area contributed by atoms with Crippen LogP contribution < -0.4 is 0 Å². The highest BCUT2D eigenvalue weighted by Crippen LogP contribution is 2.79. The zero-order valence-corrected chi connectivity index (χ0v) is 23.6. The Morgan fingerprint density at radius 1 is 0.447 bits per heavy atom. The molecule has 0 bridgehead atoms. The first-order valence-corrected chi connectivity index (χ1v) is 19.1. The first-order chi connectivity index (χ1) is 16.6. The van der Waals surface area contributed by atoms with E-state index in [4.69, 9.17) is 0 Å². The molecule has 0 aromatic rings. The van der Waals surface area contributed by atoms with Crippen molar-refractivity contribution in [3.8, 4) is 0 Å². The predicted molar refractivity (Wildman–Crippen MR) is 110 cm³/mol. The van der Waals surface area contributed by atoms with Crippen molar-refractivity contribution < 1.29 is 77.0 Å². The van der Waals surface area contributed by atoms with Gasteiger partial charge in [-0.05, 0) is 0 Å². The molecule has 2 unspecified atom stereocenters. The van der Waals surface area contributed by atoms with Crippen LogP contribution in [0.4, 0.5) is 67.9 Å². The molecular formula is C4H4F16N8O2P8+2. The van der Waals surface area contributed by atoms with E-state index in [-0.39, 0.29) is 0 Å². The Morgan fingerprint density at radius 2 is 0.711 bits per heavy atom. The number of nitrogens with zero attached hydrogens (tertiary/aromatic N) is 8. The van der Waals surface area contributed by atoms with Gasteiger partial charge in [0.1, 0.15) is 0 Å². The zero-order chi connectivity index (χ0) is 29.6. The van der Waals surface area contributed by atoms with Crippen molar-refractivity contribution in [3.05, 3.63) is 0 Å². The minimum atomic E-state index is -6.65. The lowest BCUT2D eigenvalue weighted by Crippen LogP contribution is -2.46. The molecule has 0 aromatic carbocycles. The molecule has 34 heteroatoms. The summed E-state index contributed by atoms with van der Waals surface area (Å²) in [6, 6.07) is 0. The van der Waals surface area contributed by atoms with Gasteiger partial charge in [0.25, 0.3) is 0 Å². The van der Waals surface area contributed by atoms with E-state index in [1.165, 1.54) is 18.1 Å². The quantitative estimate of drug-likeness (QED) is 0.190. The van der Waals surface area contributed by atoms with Crippen molar-refractivity contribution in [3.63, 3.8) is 0 Å². The normalized spacial score (nSPS) is 28.2. The van der Waals surface area contributed by atoms with Gasteiger partial charge in [0.2, 0.25) is 0 Å². The highest BCUT2D eigenvalue weighted by atomic mass is 31.3. The van der Waals surface area contributed by atoms with E-state index in [1.54, 1.807) is 0 Å². The van der Waals surface area contributed by atoms with Crippen molar-refractivity contribution in [2.75, 3.05) is 13.2 Å². The summed E-state index contributed by atoms with van der Waals surface area (Å²) in [5.41, 5.74) is 0. The van der Waals surface area contributed by atoms with E-state index < -0.39 is 88.2 Å². The second-order valence-corrected chi connectivity index (χ2v) is 18.6. The summed E-state index contributed by atoms with van der Waals surface area (Å²) in [5, 5.41) is 0. The van der Waals surface area contributed by atoms with Crippen LogP contribution in [-0.4, -0.2) is 25.1 Å². The molecule has 0 radical (unpaired) electrons. The lowest BCUT2D eigenvalue weighted by atomic mass is 10.2. The second-order valence-electron chi connectivity index (χ2n) is 5.91.